The number of hydrogen-bond acceptors (Lipinski definition) is 5. The fraction of sp³-hybridized carbons (Fsp3) is 0.917. The highest BCUT2D eigenvalue weighted by Gasteiger charge is 2.32. The number of nitrogens with zero attached hydrogens (tertiary/aromatic N) is 2. The molecule has 18 heavy (non-hydrogen) atoms. The van der Waals surface area contributed by atoms with Gasteiger partial charge in [0.1, 0.15) is 6.04 Å². The summed E-state index contributed by atoms with van der Waals surface area (Å²) in [6.45, 7) is 7.40. The van der Waals surface area contributed by atoms with Crippen molar-refractivity contribution < 1.29 is 14.6 Å². The van der Waals surface area contributed by atoms with Crippen molar-refractivity contribution in [3.05, 3.63) is 0 Å². The summed E-state index contributed by atoms with van der Waals surface area (Å²) in [4.78, 5) is 16.4. The fourth-order valence-electron chi connectivity index (χ4n) is 2.54. The Bertz CT molecular complexity index is 280. The maximum absolute atomic E-state index is 12.3. The summed E-state index contributed by atoms with van der Waals surface area (Å²) < 4.78 is 5.51. The van der Waals surface area contributed by atoms with Crippen LogP contribution < -0.4 is 5.32 Å². The number of carbonyl (C=O) groups is 1. The van der Waals surface area contributed by atoms with Gasteiger partial charge in [0.15, 0.2) is 0 Å². The number of β-amino-alcohol motifs (C(OH)–C–C–N with tert-alkyl or cyclic N) is 1. The minimum absolute atomic E-state index is 0.0540. The monoisotopic (exact) mass is 257 g/mol. The van der Waals surface area contributed by atoms with Gasteiger partial charge in [-0.1, -0.05) is 0 Å². The third kappa shape index (κ3) is 3.20. The van der Waals surface area contributed by atoms with Gasteiger partial charge in [-0.3, -0.25) is 9.69 Å². The summed E-state index contributed by atoms with van der Waals surface area (Å²) in [6, 6.07) is -0.205. The van der Waals surface area contributed by atoms with Crippen molar-refractivity contribution in [1.82, 2.24) is 15.1 Å². The van der Waals surface area contributed by atoms with E-state index in [-0.39, 0.29) is 24.7 Å². The molecule has 2 aliphatic rings. The van der Waals surface area contributed by atoms with Crippen LogP contribution in [0.25, 0.3) is 0 Å². The number of rotatable bonds is 3. The molecule has 2 aliphatic heterocycles. The molecule has 2 heterocycles. The second-order valence-electron chi connectivity index (χ2n) is 4.90. The standard InChI is InChI=1S/C12H23N3O3/c1-10-11(13-2-9-18-10)12(17)15-5-3-14(4-6-15)7-8-16/h10-11,13,16H,2-9H2,1H3/t10-,11+/m1/s1. The van der Waals surface area contributed by atoms with Crippen LogP contribution in [0, 0.1) is 0 Å². The molecule has 0 saturated carbocycles. The van der Waals surface area contributed by atoms with Crippen LogP contribution in [0.2, 0.25) is 0 Å². The molecule has 0 bridgehead atoms. The van der Waals surface area contributed by atoms with Crippen molar-refractivity contribution in [3.8, 4) is 0 Å². The van der Waals surface area contributed by atoms with Crippen LogP contribution in [0.1, 0.15) is 6.92 Å². The first-order valence-corrected chi connectivity index (χ1v) is 6.69. The summed E-state index contributed by atoms with van der Waals surface area (Å²) in [6.07, 6.45) is -0.0540. The summed E-state index contributed by atoms with van der Waals surface area (Å²) in [5, 5.41) is 12.1. The first-order valence-electron chi connectivity index (χ1n) is 6.69. The highest BCUT2D eigenvalue weighted by Crippen LogP contribution is 2.10. The van der Waals surface area contributed by atoms with Crippen LogP contribution in [0.3, 0.4) is 0 Å². The number of piperazine rings is 1. The van der Waals surface area contributed by atoms with Gasteiger partial charge >= 0.3 is 0 Å². The molecule has 0 spiro atoms. The van der Waals surface area contributed by atoms with Gasteiger partial charge in [0.2, 0.25) is 5.91 Å². The van der Waals surface area contributed by atoms with E-state index < -0.39 is 0 Å². The van der Waals surface area contributed by atoms with Gasteiger partial charge in [0.25, 0.3) is 0 Å². The van der Waals surface area contributed by atoms with Gasteiger partial charge in [-0.15, -0.1) is 0 Å². The van der Waals surface area contributed by atoms with Crippen molar-refractivity contribution in [3.63, 3.8) is 0 Å². The summed E-state index contributed by atoms with van der Waals surface area (Å²) in [5.41, 5.74) is 0. The topological polar surface area (TPSA) is 65.0 Å². The lowest BCUT2D eigenvalue weighted by Gasteiger charge is -2.38. The number of amides is 1. The maximum Gasteiger partial charge on any atom is 0.242 e. The number of ether oxygens (including phenoxy) is 1. The summed E-state index contributed by atoms with van der Waals surface area (Å²) in [5.74, 6) is 0.144. The predicted octanol–water partition coefficient (Wildman–Crippen LogP) is -1.50. The molecule has 0 aromatic carbocycles. The van der Waals surface area contributed by atoms with E-state index in [1.54, 1.807) is 0 Å². The lowest BCUT2D eigenvalue weighted by Crippen LogP contribution is -2.59. The fourth-order valence-corrected chi connectivity index (χ4v) is 2.54. The highest BCUT2D eigenvalue weighted by atomic mass is 16.5. The van der Waals surface area contributed by atoms with E-state index in [1.165, 1.54) is 0 Å². The maximum atomic E-state index is 12.3. The van der Waals surface area contributed by atoms with E-state index in [0.29, 0.717) is 13.2 Å². The van der Waals surface area contributed by atoms with Gasteiger partial charge in [-0.2, -0.15) is 0 Å². The number of aliphatic hydroxyl groups excluding tert-OH is 1. The first kappa shape index (κ1) is 13.7. The molecule has 0 aromatic rings. The van der Waals surface area contributed by atoms with Crippen molar-refractivity contribution >= 4 is 5.91 Å². The van der Waals surface area contributed by atoms with Crippen LogP contribution >= 0.6 is 0 Å². The lowest BCUT2D eigenvalue weighted by molar-refractivity contribution is -0.141. The van der Waals surface area contributed by atoms with E-state index in [1.807, 2.05) is 11.8 Å². The molecule has 2 rings (SSSR count). The molecule has 6 heteroatoms. The normalized spacial score (nSPS) is 30.4. The molecule has 2 saturated heterocycles. The summed E-state index contributed by atoms with van der Waals surface area (Å²) >= 11 is 0. The van der Waals surface area contributed by atoms with E-state index in [4.69, 9.17) is 9.84 Å². The Morgan fingerprint density at radius 2 is 2.11 bits per heavy atom. The van der Waals surface area contributed by atoms with E-state index in [2.05, 4.69) is 10.2 Å². The van der Waals surface area contributed by atoms with Crippen LogP contribution in [0.5, 0.6) is 0 Å². The number of hydrogen-bond donors (Lipinski definition) is 2. The Balaban J connectivity index is 1.83. The molecule has 6 nitrogen and oxygen atoms in total. The van der Waals surface area contributed by atoms with Crippen LogP contribution in [0.15, 0.2) is 0 Å². The van der Waals surface area contributed by atoms with Crippen molar-refractivity contribution in [2.45, 2.75) is 19.1 Å². The van der Waals surface area contributed by atoms with Crippen LogP contribution in [0.4, 0.5) is 0 Å². The molecule has 0 radical (unpaired) electrons. The van der Waals surface area contributed by atoms with Gasteiger partial charge < -0.3 is 20.1 Å². The van der Waals surface area contributed by atoms with Crippen molar-refractivity contribution in [2.24, 2.45) is 0 Å². The number of carbonyl (C=O) groups excluding carboxylic acids is 1. The smallest absolute Gasteiger partial charge is 0.242 e. The molecular weight excluding hydrogens is 234 g/mol. The quantitative estimate of drug-likeness (QED) is 0.644. The lowest BCUT2D eigenvalue weighted by atomic mass is 10.1. The Morgan fingerprint density at radius 3 is 2.72 bits per heavy atom. The Morgan fingerprint density at radius 1 is 1.39 bits per heavy atom. The Hall–Kier alpha value is -0.690. The molecule has 0 aliphatic carbocycles. The van der Waals surface area contributed by atoms with Gasteiger partial charge in [0.05, 0.1) is 19.3 Å². The second kappa shape index (κ2) is 6.47. The first-order chi connectivity index (χ1) is 8.72. The molecule has 104 valence electrons. The minimum atomic E-state index is -0.205. The van der Waals surface area contributed by atoms with Crippen molar-refractivity contribution in [1.29, 1.82) is 0 Å². The molecular formula is C12H23N3O3. The largest absolute Gasteiger partial charge is 0.395 e. The number of morpholine rings is 1. The van der Waals surface area contributed by atoms with Gasteiger partial charge in [-0.25, -0.2) is 0 Å². The molecule has 0 aromatic heterocycles. The van der Waals surface area contributed by atoms with Crippen LogP contribution in [-0.2, 0) is 9.53 Å². The zero-order valence-electron chi connectivity index (χ0n) is 11.0. The molecule has 1 amide bonds. The molecule has 2 atom stereocenters. The average Bonchev–Trinajstić information content (AvgIpc) is 2.40. The average molecular weight is 257 g/mol. The van der Waals surface area contributed by atoms with Crippen molar-refractivity contribution in [2.75, 3.05) is 52.5 Å². The van der Waals surface area contributed by atoms with Gasteiger partial charge in [0, 0.05) is 39.3 Å². The third-order valence-corrected chi connectivity index (χ3v) is 3.68. The zero-order valence-corrected chi connectivity index (χ0v) is 11.0. The third-order valence-electron chi connectivity index (χ3n) is 3.68. The highest BCUT2D eigenvalue weighted by molar-refractivity contribution is 5.82. The SMILES string of the molecule is C[C@H]1OCCN[C@@H]1C(=O)N1CCN(CCO)CC1. The Labute approximate surface area is 108 Å². The molecule has 2 N–H and O–H groups in total. The van der Waals surface area contributed by atoms with E-state index in [9.17, 15) is 4.79 Å². The van der Waals surface area contributed by atoms with E-state index in [0.717, 1.165) is 32.7 Å². The zero-order chi connectivity index (χ0) is 13.0. The Kier molecular flexibility index (Phi) is 4.94. The minimum Gasteiger partial charge on any atom is -0.395 e. The summed E-state index contributed by atoms with van der Waals surface area (Å²) in [7, 11) is 0. The second-order valence-corrected chi connectivity index (χ2v) is 4.90. The number of aliphatic hydroxyl groups is 1. The van der Waals surface area contributed by atoms with Gasteiger partial charge in [-0.05, 0) is 6.92 Å². The molecule has 0 unspecified atom stereocenters. The number of nitrogens with one attached hydrogen (secondary N) is 1. The molecule has 2 fully saturated rings. The van der Waals surface area contributed by atoms with Crippen LogP contribution in [-0.4, -0.2) is 85.4 Å². The van der Waals surface area contributed by atoms with E-state index >= 15 is 0 Å². The predicted molar refractivity (Wildman–Crippen MR) is 67.3 cm³/mol.